The number of carbonyl (C=O) groups is 2. The maximum atomic E-state index is 11.9. The standard InChI is InChI=1S/C8H5F3N2O2/c9-8(10,11)6(14)4-1-2-5(7(12)15)13-3-4/h1-3H,(H2,12,15). The fourth-order valence-electron chi connectivity index (χ4n) is 0.838. The number of alkyl halides is 3. The molecule has 0 saturated heterocycles. The molecular weight excluding hydrogens is 213 g/mol. The van der Waals surface area contributed by atoms with E-state index in [9.17, 15) is 22.8 Å². The average molecular weight is 218 g/mol. The van der Waals surface area contributed by atoms with Gasteiger partial charge in [-0.25, -0.2) is 0 Å². The van der Waals surface area contributed by atoms with Crippen LogP contribution >= 0.6 is 0 Å². The molecule has 4 nitrogen and oxygen atoms in total. The highest BCUT2D eigenvalue weighted by Crippen LogP contribution is 2.20. The van der Waals surface area contributed by atoms with E-state index in [4.69, 9.17) is 5.73 Å². The number of primary amides is 1. The van der Waals surface area contributed by atoms with Crippen molar-refractivity contribution in [2.75, 3.05) is 0 Å². The lowest BCUT2D eigenvalue weighted by Crippen LogP contribution is -2.23. The molecule has 1 aromatic heterocycles. The summed E-state index contributed by atoms with van der Waals surface area (Å²) in [5.74, 6) is -2.88. The van der Waals surface area contributed by atoms with Crippen LogP contribution in [0.3, 0.4) is 0 Å². The van der Waals surface area contributed by atoms with Crippen molar-refractivity contribution < 1.29 is 22.8 Å². The first-order valence-corrected chi connectivity index (χ1v) is 3.70. The Labute approximate surface area is 81.9 Å². The highest BCUT2D eigenvalue weighted by Gasteiger charge is 2.39. The number of amides is 1. The third-order valence-electron chi connectivity index (χ3n) is 1.54. The Morgan fingerprint density at radius 3 is 2.20 bits per heavy atom. The van der Waals surface area contributed by atoms with Crippen molar-refractivity contribution in [2.45, 2.75) is 6.18 Å². The van der Waals surface area contributed by atoms with E-state index >= 15 is 0 Å². The summed E-state index contributed by atoms with van der Waals surface area (Å²) < 4.78 is 35.8. The maximum absolute atomic E-state index is 11.9. The molecule has 0 aliphatic carbocycles. The largest absolute Gasteiger partial charge is 0.454 e. The highest BCUT2D eigenvalue weighted by molar-refractivity contribution is 6.00. The molecule has 1 rings (SSSR count). The normalized spacial score (nSPS) is 11.1. The minimum atomic E-state index is -4.95. The van der Waals surface area contributed by atoms with Gasteiger partial charge in [-0.05, 0) is 12.1 Å². The van der Waals surface area contributed by atoms with Crippen LogP contribution in [-0.2, 0) is 0 Å². The van der Waals surface area contributed by atoms with Gasteiger partial charge in [0.2, 0.25) is 0 Å². The van der Waals surface area contributed by atoms with Crippen molar-refractivity contribution in [3.8, 4) is 0 Å². The smallest absolute Gasteiger partial charge is 0.364 e. The Bertz CT molecular complexity index is 397. The first kappa shape index (κ1) is 11.2. The van der Waals surface area contributed by atoms with Gasteiger partial charge in [-0.2, -0.15) is 13.2 Å². The van der Waals surface area contributed by atoms with Crippen LogP contribution in [0.4, 0.5) is 13.2 Å². The van der Waals surface area contributed by atoms with Crippen molar-refractivity contribution in [1.82, 2.24) is 4.98 Å². The molecule has 1 heterocycles. The van der Waals surface area contributed by atoms with E-state index < -0.39 is 23.4 Å². The molecule has 0 unspecified atom stereocenters. The van der Waals surface area contributed by atoms with Gasteiger partial charge in [-0.1, -0.05) is 0 Å². The summed E-state index contributed by atoms with van der Waals surface area (Å²) in [7, 11) is 0. The van der Waals surface area contributed by atoms with E-state index in [1.807, 2.05) is 0 Å². The number of ketones is 1. The summed E-state index contributed by atoms with van der Waals surface area (Å²) in [5, 5.41) is 0. The van der Waals surface area contributed by atoms with Crippen LogP contribution in [0.15, 0.2) is 18.3 Å². The van der Waals surface area contributed by atoms with Crippen LogP contribution in [0.25, 0.3) is 0 Å². The fraction of sp³-hybridized carbons (Fsp3) is 0.125. The van der Waals surface area contributed by atoms with Gasteiger partial charge in [0.25, 0.3) is 11.7 Å². The molecule has 0 fully saturated rings. The Hall–Kier alpha value is -1.92. The van der Waals surface area contributed by atoms with Crippen molar-refractivity contribution in [2.24, 2.45) is 5.73 Å². The van der Waals surface area contributed by atoms with Crippen LogP contribution in [0.2, 0.25) is 0 Å². The van der Waals surface area contributed by atoms with E-state index in [2.05, 4.69) is 4.98 Å². The third-order valence-corrected chi connectivity index (χ3v) is 1.54. The van der Waals surface area contributed by atoms with Crippen LogP contribution in [-0.4, -0.2) is 22.9 Å². The monoisotopic (exact) mass is 218 g/mol. The van der Waals surface area contributed by atoms with Gasteiger partial charge in [0.15, 0.2) is 0 Å². The van der Waals surface area contributed by atoms with E-state index in [-0.39, 0.29) is 5.69 Å². The van der Waals surface area contributed by atoms with Crippen molar-refractivity contribution in [3.05, 3.63) is 29.6 Å². The number of hydrogen-bond donors (Lipinski definition) is 1. The molecule has 15 heavy (non-hydrogen) atoms. The van der Waals surface area contributed by atoms with E-state index in [0.717, 1.165) is 12.1 Å². The van der Waals surface area contributed by atoms with Crippen LogP contribution in [0.5, 0.6) is 0 Å². The second-order valence-electron chi connectivity index (χ2n) is 2.62. The number of rotatable bonds is 2. The zero-order valence-electron chi connectivity index (χ0n) is 7.21. The molecular formula is C8H5F3N2O2. The number of halogens is 3. The van der Waals surface area contributed by atoms with Crippen LogP contribution in [0, 0.1) is 0 Å². The molecule has 1 amide bonds. The lowest BCUT2D eigenvalue weighted by molar-refractivity contribution is -0.0885. The van der Waals surface area contributed by atoms with E-state index in [1.165, 1.54) is 0 Å². The Kier molecular flexibility index (Phi) is 2.74. The number of pyridine rings is 1. The number of carbonyl (C=O) groups excluding carboxylic acids is 2. The molecule has 0 radical (unpaired) electrons. The fourth-order valence-corrected chi connectivity index (χ4v) is 0.838. The van der Waals surface area contributed by atoms with Crippen LogP contribution < -0.4 is 5.73 Å². The molecule has 0 saturated carbocycles. The summed E-state index contributed by atoms with van der Waals surface area (Å²) in [6, 6.07) is 1.81. The molecule has 0 atom stereocenters. The first-order valence-electron chi connectivity index (χ1n) is 3.70. The third kappa shape index (κ3) is 2.52. The second-order valence-corrected chi connectivity index (χ2v) is 2.62. The molecule has 0 bridgehead atoms. The quantitative estimate of drug-likeness (QED) is 0.750. The molecule has 7 heteroatoms. The average Bonchev–Trinajstić information content (AvgIpc) is 2.15. The van der Waals surface area contributed by atoms with Crippen molar-refractivity contribution >= 4 is 11.7 Å². The molecule has 0 spiro atoms. The number of nitrogens with zero attached hydrogens (tertiary/aromatic N) is 1. The summed E-state index contributed by atoms with van der Waals surface area (Å²) in [6.07, 6.45) is -4.29. The van der Waals surface area contributed by atoms with Gasteiger partial charge in [-0.15, -0.1) is 0 Å². The zero-order chi connectivity index (χ0) is 11.6. The highest BCUT2D eigenvalue weighted by atomic mass is 19.4. The number of nitrogens with two attached hydrogens (primary N) is 1. The number of hydrogen-bond acceptors (Lipinski definition) is 3. The summed E-state index contributed by atoms with van der Waals surface area (Å²) in [5.41, 5.74) is 3.98. The summed E-state index contributed by atoms with van der Waals surface area (Å²) in [4.78, 5) is 24.5. The van der Waals surface area contributed by atoms with Gasteiger partial charge in [0, 0.05) is 11.8 Å². The molecule has 0 aliphatic heterocycles. The van der Waals surface area contributed by atoms with Crippen molar-refractivity contribution in [1.29, 1.82) is 0 Å². The minimum absolute atomic E-state index is 0.200. The van der Waals surface area contributed by atoms with Gasteiger partial charge < -0.3 is 5.73 Å². The zero-order valence-corrected chi connectivity index (χ0v) is 7.21. The number of aromatic nitrogens is 1. The van der Waals surface area contributed by atoms with Gasteiger partial charge in [0.1, 0.15) is 5.69 Å². The van der Waals surface area contributed by atoms with E-state index in [0.29, 0.717) is 6.20 Å². The minimum Gasteiger partial charge on any atom is -0.364 e. The first-order chi connectivity index (χ1) is 6.82. The van der Waals surface area contributed by atoms with E-state index in [1.54, 1.807) is 0 Å². The van der Waals surface area contributed by atoms with Gasteiger partial charge in [0.05, 0.1) is 0 Å². The Morgan fingerprint density at radius 2 is 1.87 bits per heavy atom. The number of Topliss-reactive ketones (excluding diaryl/α,β-unsaturated/α-hetero) is 1. The topological polar surface area (TPSA) is 73.1 Å². The SMILES string of the molecule is NC(=O)c1ccc(C(=O)C(F)(F)F)cn1. The summed E-state index contributed by atoms with van der Waals surface area (Å²) in [6.45, 7) is 0. The molecule has 2 N–H and O–H groups in total. The second kappa shape index (κ2) is 3.68. The summed E-state index contributed by atoms with van der Waals surface area (Å²) >= 11 is 0. The molecule has 0 aromatic carbocycles. The molecule has 80 valence electrons. The maximum Gasteiger partial charge on any atom is 0.454 e. The Balaban J connectivity index is 3.00. The lowest BCUT2D eigenvalue weighted by atomic mass is 10.1. The molecule has 1 aromatic rings. The predicted molar refractivity (Wildman–Crippen MR) is 43.1 cm³/mol. The lowest BCUT2D eigenvalue weighted by Gasteiger charge is -2.04. The predicted octanol–water partition coefficient (Wildman–Crippen LogP) is 0.926. The van der Waals surface area contributed by atoms with Gasteiger partial charge >= 0.3 is 6.18 Å². The van der Waals surface area contributed by atoms with Crippen LogP contribution in [0.1, 0.15) is 20.8 Å². The van der Waals surface area contributed by atoms with Gasteiger partial charge in [-0.3, -0.25) is 14.6 Å². The Morgan fingerprint density at radius 1 is 1.27 bits per heavy atom. The molecule has 0 aliphatic rings. The van der Waals surface area contributed by atoms with Crippen molar-refractivity contribution in [3.63, 3.8) is 0 Å².